The average Bonchev–Trinajstić information content (AvgIpc) is 3.80. The van der Waals surface area contributed by atoms with E-state index in [4.69, 9.17) is 11.5 Å². The highest BCUT2D eigenvalue weighted by molar-refractivity contribution is 7.22. The third-order valence-electron chi connectivity index (χ3n) is 9.65. The van der Waals surface area contributed by atoms with Gasteiger partial charge in [-0.2, -0.15) is 0 Å². The number of hydrogen-bond donors (Lipinski definition) is 3. The van der Waals surface area contributed by atoms with Gasteiger partial charge in [0.15, 0.2) is 0 Å². The number of thiophene rings is 1. The van der Waals surface area contributed by atoms with Crippen LogP contribution in [-0.4, -0.2) is 31.5 Å². The number of nitrogens with one attached hydrogen (secondary N) is 1. The van der Waals surface area contributed by atoms with Gasteiger partial charge in [-0.15, -0.1) is 11.3 Å². The van der Waals surface area contributed by atoms with Gasteiger partial charge in [-0.1, -0.05) is 112 Å². The number of fused-ring (bicyclic) bond motifs is 9. The standard InChI is InChI=1S/C30H26N2S.C13H17N3.C2H6/c1-3-19(17-32-18-31)27-20(4-2)21-11-5-8-14-24(21)30(27)25-15-9-6-12-22(25)29-28(30)23-13-7-10-16-26(23)33-29;1-4-11(5-8-15-3)13(2,14)12-6-9-16-10-7-12;1-2/h3-16,32H,2,17-18,31H2,1H3;4-10H,1,14H2,2-3H3;1-2H3/b19-3-;11-5+,15-8?;. The maximum absolute atomic E-state index is 6.30. The van der Waals surface area contributed by atoms with Crippen molar-refractivity contribution in [1.29, 1.82) is 0 Å². The number of aromatic nitrogens is 1. The first-order valence-corrected chi connectivity index (χ1v) is 18.3. The average molecular weight is 692 g/mol. The molecule has 7 rings (SSSR count). The summed E-state index contributed by atoms with van der Waals surface area (Å²) < 4.78 is 1.34. The van der Waals surface area contributed by atoms with E-state index in [1.165, 1.54) is 59.5 Å². The Morgan fingerprint density at radius 1 is 0.941 bits per heavy atom. The molecule has 260 valence electrons. The van der Waals surface area contributed by atoms with E-state index in [1.807, 2.05) is 56.4 Å². The molecule has 2 atom stereocenters. The van der Waals surface area contributed by atoms with Gasteiger partial charge in [0.1, 0.15) is 0 Å². The Bertz CT molecular complexity index is 2150. The Kier molecular flexibility index (Phi) is 12.0. The molecule has 0 saturated heterocycles. The molecule has 0 radical (unpaired) electrons. The number of rotatable bonds is 9. The third kappa shape index (κ3) is 6.41. The fourth-order valence-corrected chi connectivity index (χ4v) is 8.75. The largest absolute Gasteiger partial charge is 0.318 e. The number of benzene rings is 3. The molecule has 0 fully saturated rings. The van der Waals surface area contributed by atoms with Gasteiger partial charge < -0.3 is 16.8 Å². The minimum atomic E-state index is -0.578. The number of hydrogen-bond acceptors (Lipinski definition) is 6. The van der Waals surface area contributed by atoms with Crippen molar-refractivity contribution in [2.24, 2.45) is 16.5 Å². The molecule has 2 aromatic heterocycles. The van der Waals surface area contributed by atoms with Gasteiger partial charge in [0.2, 0.25) is 0 Å². The molecule has 5 nitrogen and oxygen atoms in total. The van der Waals surface area contributed by atoms with E-state index >= 15 is 0 Å². The minimum Gasteiger partial charge on any atom is -0.318 e. The first-order valence-electron chi connectivity index (χ1n) is 17.5. The summed E-state index contributed by atoms with van der Waals surface area (Å²) in [4.78, 5) is 9.27. The lowest BCUT2D eigenvalue weighted by molar-refractivity contribution is 0.601. The third-order valence-corrected chi connectivity index (χ3v) is 10.9. The van der Waals surface area contributed by atoms with Gasteiger partial charge in [0, 0.05) is 48.4 Å². The van der Waals surface area contributed by atoms with Crippen molar-refractivity contribution in [3.8, 4) is 10.4 Å². The summed E-state index contributed by atoms with van der Waals surface area (Å²) >= 11 is 1.91. The topological polar surface area (TPSA) is 89.3 Å². The second-order valence-corrected chi connectivity index (χ2v) is 13.3. The van der Waals surface area contributed by atoms with Crippen LogP contribution in [0.3, 0.4) is 0 Å². The molecule has 1 spiro atoms. The summed E-state index contributed by atoms with van der Waals surface area (Å²) in [7, 11) is 1.72. The maximum Gasteiger partial charge on any atom is 0.0743 e. The van der Waals surface area contributed by atoms with Crippen molar-refractivity contribution < 1.29 is 0 Å². The van der Waals surface area contributed by atoms with Crippen LogP contribution >= 0.6 is 11.3 Å². The van der Waals surface area contributed by atoms with Crippen LogP contribution in [-0.2, 0) is 11.0 Å². The first-order chi connectivity index (χ1) is 24.9. The smallest absolute Gasteiger partial charge is 0.0743 e. The maximum atomic E-state index is 6.30. The van der Waals surface area contributed by atoms with Gasteiger partial charge in [-0.05, 0) is 99.2 Å². The summed E-state index contributed by atoms with van der Waals surface area (Å²) in [6.07, 6.45) is 13.1. The minimum absolute atomic E-state index is 0.371. The Balaban J connectivity index is 0.000000237. The van der Waals surface area contributed by atoms with E-state index in [0.29, 0.717) is 6.67 Å². The second kappa shape index (κ2) is 16.4. The summed E-state index contributed by atoms with van der Waals surface area (Å²) in [6, 6.07) is 30.5. The highest BCUT2D eigenvalue weighted by Gasteiger charge is 2.54. The lowest BCUT2D eigenvalue weighted by atomic mass is 9.67. The molecular formula is C45H49N5S. The van der Waals surface area contributed by atoms with E-state index < -0.39 is 5.54 Å². The van der Waals surface area contributed by atoms with Gasteiger partial charge in [-0.25, -0.2) is 0 Å². The predicted molar refractivity (Wildman–Crippen MR) is 221 cm³/mol. The fourth-order valence-electron chi connectivity index (χ4n) is 7.45. The molecule has 0 amide bonds. The van der Waals surface area contributed by atoms with E-state index in [9.17, 15) is 0 Å². The summed E-state index contributed by atoms with van der Waals surface area (Å²) in [5, 5.41) is 4.72. The summed E-state index contributed by atoms with van der Waals surface area (Å²) in [5.74, 6) is 0. The zero-order valence-electron chi connectivity index (χ0n) is 30.4. The summed E-state index contributed by atoms with van der Waals surface area (Å²) in [6.45, 7) is 17.3. The lowest BCUT2D eigenvalue weighted by Crippen LogP contribution is -2.34. The van der Waals surface area contributed by atoms with Crippen molar-refractivity contribution in [2.75, 3.05) is 20.3 Å². The normalized spacial score (nSPS) is 17.2. The van der Waals surface area contributed by atoms with Crippen LogP contribution in [0.2, 0.25) is 0 Å². The molecular weight excluding hydrogens is 643 g/mol. The molecule has 2 aliphatic rings. The summed E-state index contributed by atoms with van der Waals surface area (Å²) in [5.41, 5.74) is 23.7. The van der Waals surface area contributed by atoms with Crippen molar-refractivity contribution in [3.05, 3.63) is 179 Å². The first kappa shape index (κ1) is 37.3. The number of allylic oxidation sites excluding steroid dienone is 4. The van der Waals surface area contributed by atoms with Crippen LogP contribution in [0.15, 0.2) is 156 Å². The Morgan fingerprint density at radius 3 is 2.20 bits per heavy atom. The molecule has 2 heterocycles. The van der Waals surface area contributed by atoms with Crippen LogP contribution in [0, 0.1) is 0 Å². The Labute approximate surface area is 307 Å². The predicted octanol–water partition coefficient (Wildman–Crippen LogP) is 9.72. The van der Waals surface area contributed by atoms with Crippen LogP contribution in [0.5, 0.6) is 0 Å². The SMILES string of the molecule is C=C/C(=C\C=NC)C(C)(N)c1ccncc1.C=CC1=C(/C(=C\C)CNCN)C2(c3ccccc31)c1ccccc1-c1sc3ccccc3c12.CC. The van der Waals surface area contributed by atoms with Gasteiger partial charge >= 0.3 is 0 Å². The fraction of sp³-hybridized carbons (Fsp3) is 0.200. The highest BCUT2D eigenvalue weighted by Crippen LogP contribution is 2.66. The molecule has 2 unspecified atom stereocenters. The van der Waals surface area contributed by atoms with Gasteiger partial charge in [0.05, 0.1) is 11.0 Å². The van der Waals surface area contributed by atoms with E-state index in [-0.39, 0.29) is 5.41 Å². The number of nitrogens with zero attached hydrogens (tertiary/aromatic N) is 2. The molecule has 3 aromatic carbocycles. The van der Waals surface area contributed by atoms with Crippen molar-refractivity contribution in [3.63, 3.8) is 0 Å². The van der Waals surface area contributed by atoms with Crippen LogP contribution in [0.4, 0.5) is 0 Å². The van der Waals surface area contributed by atoms with Crippen molar-refractivity contribution >= 4 is 33.2 Å². The number of pyridine rings is 1. The van der Waals surface area contributed by atoms with Crippen molar-refractivity contribution in [2.45, 2.75) is 38.6 Å². The van der Waals surface area contributed by atoms with Gasteiger partial charge in [-0.3, -0.25) is 9.98 Å². The Hall–Kier alpha value is -4.98. The highest BCUT2D eigenvalue weighted by atomic mass is 32.1. The molecule has 6 heteroatoms. The van der Waals surface area contributed by atoms with E-state index in [2.05, 4.69) is 114 Å². The van der Waals surface area contributed by atoms with Crippen LogP contribution < -0.4 is 16.8 Å². The van der Waals surface area contributed by atoms with E-state index in [0.717, 1.165) is 17.7 Å². The second-order valence-electron chi connectivity index (χ2n) is 12.3. The molecule has 0 bridgehead atoms. The monoisotopic (exact) mass is 691 g/mol. The molecule has 5 N–H and O–H groups in total. The van der Waals surface area contributed by atoms with Gasteiger partial charge in [0.25, 0.3) is 0 Å². The molecule has 5 aromatic rings. The molecule has 2 aliphatic carbocycles. The zero-order chi connectivity index (χ0) is 36.6. The molecule has 0 aliphatic heterocycles. The van der Waals surface area contributed by atoms with E-state index in [1.54, 1.807) is 31.7 Å². The Morgan fingerprint density at radius 2 is 1.57 bits per heavy atom. The van der Waals surface area contributed by atoms with Crippen LogP contribution in [0.1, 0.15) is 55.5 Å². The zero-order valence-corrected chi connectivity index (χ0v) is 31.2. The number of nitrogens with two attached hydrogens (primary N) is 2. The molecule has 0 saturated carbocycles. The van der Waals surface area contributed by atoms with Crippen molar-refractivity contribution in [1.82, 2.24) is 10.3 Å². The lowest BCUT2D eigenvalue weighted by Gasteiger charge is -2.34. The number of aliphatic imine (C=N–C) groups is 1. The molecule has 51 heavy (non-hydrogen) atoms. The quantitative estimate of drug-likeness (QED) is 0.0816. The van der Waals surface area contributed by atoms with Crippen LogP contribution in [0.25, 0.3) is 26.1 Å².